The number of nitrogens with one attached hydrogen (secondary N) is 1. The lowest BCUT2D eigenvalue weighted by Gasteiger charge is -2.36. The van der Waals surface area contributed by atoms with Gasteiger partial charge < -0.3 is 15.0 Å². The molecule has 7 nitrogen and oxygen atoms in total. The minimum atomic E-state index is -3.84. The third-order valence-corrected chi connectivity index (χ3v) is 4.91. The van der Waals surface area contributed by atoms with E-state index in [1.54, 1.807) is 7.05 Å². The molecule has 1 aromatic rings. The van der Waals surface area contributed by atoms with Crippen molar-refractivity contribution in [3.8, 4) is 0 Å². The lowest BCUT2D eigenvalue weighted by atomic mass is 9.82. The number of aliphatic hydroxyl groups is 1. The highest BCUT2D eigenvalue weighted by Crippen LogP contribution is 2.28. The molecule has 0 aromatic carbocycles. The Morgan fingerprint density at radius 3 is 2.52 bits per heavy atom. The molecular weight excluding hydrogens is 294 g/mol. The highest BCUT2D eigenvalue weighted by Gasteiger charge is 2.33. The third-order valence-electron chi connectivity index (χ3n) is 4.03. The molecule has 1 aliphatic rings. The van der Waals surface area contributed by atoms with Crippen molar-refractivity contribution in [3.05, 3.63) is 18.0 Å². The zero-order valence-corrected chi connectivity index (χ0v) is 12.8. The first kappa shape index (κ1) is 16.0. The maximum atomic E-state index is 12.4. The van der Waals surface area contributed by atoms with Crippen molar-refractivity contribution in [1.29, 1.82) is 0 Å². The van der Waals surface area contributed by atoms with Crippen molar-refractivity contribution in [2.75, 3.05) is 6.61 Å². The first-order chi connectivity index (χ1) is 9.77. The Morgan fingerprint density at radius 2 is 2.05 bits per heavy atom. The molecule has 1 aliphatic carbocycles. The van der Waals surface area contributed by atoms with Crippen molar-refractivity contribution in [2.45, 2.75) is 42.5 Å². The Morgan fingerprint density at radius 1 is 1.43 bits per heavy atom. The Hall–Kier alpha value is -1.38. The minimum Gasteiger partial charge on any atom is -0.394 e. The van der Waals surface area contributed by atoms with Gasteiger partial charge in [-0.25, -0.2) is 13.6 Å². The number of aliphatic hydroxyl groups excluding tert-OH is 1. The maximum absolute atomic E-state index is 12.4. The fourth-order valence-electron chi connectivity index (χ4n) is 2.77. The Balaban J connectivity index is 2.22. The molecule has 4 N–H and O–H groups in total. The molecule has 1 aromatic heterocycles. The van der Waals surface area contributed by atoms with Gasteiger partial charge in [0.05, 0.1) is 12.1 Å². The van der Waals surface area contributed by atoms with Gasteiger partial charge in [0.2, 0.25) is 10.0 Å². The predicted octanol–water partition coefficient (Wildman–Crippen LogP) is 0.0975. The number of primary sulfonamides is 1. The van der Waals surface area contributed by atoms with Gasteiger partial charge in [0.1, 0.15) is 10.6 Å². The summed E-state index contributed by atoms with van der Waals surface area (Å²) in [6.45, 7) is -0.120. The van der Waals surface area contributed by atoms with E-state index in [4.69, 9.17) is 5.14 Å². The quantitative estimate of drug-likeness (QED) is 0.731. The van der Waals surface area contributed by atoms with E-state index >= 15 is 0 Å². The predicted molar refractivity (Wildman–Crippen MR) is 77.2 cm³/mol. The van der Waals surface area contributed by atoms with Crippen molar-refractivity contribution >= 4 is 15.9 Å². The topological polar surface area (TPSA) is 114 Å². The van der Waals surface area contributed by atoms with Gasteiger partial charge in [-0.05, 0) is 18.9 Å². The molecule has 8 heteroatoms. The van der Waals surface area contributed by atoms with Crippen molar-refractivity contribution in [1.82, 2.24) is 9.88 Å². The minimum absolute atomic E-state index is 0.100. The first-order valence-corrected chi connectivity index (χ1v) is 8.45. The Kier molecular flexibility index (Phi) is 4.40. The summed E-state index contributed by atoms with van der Waals surface area (Å²) in [7, 11) is -2.26. The number of carbonyl (C=O) groups is 1. The second-order valence-corrected chi connectivity index (χ2v) is 7.23. The van der Waals surface area contributed by atoms with E-state index in [-0.39, 0.29) is 17.2 Å². The van der Waals surface area contributed by atoms with Gasteiger partial charge in [-0.15, -0.1) is 0 Å². The average Bonchev–Trinajstić information content (AvgIpc) is 2.82. The van der Waals surface area contributed by atoms with Crippen LogP contribution >= 0.6 is 0 Å². The smallest absolute Gasteiger partial charge is 0.268 e. The van der Waals surface area contributed by atoms with E-state index in [1.807, 2.05) is 0 Å². The van der Waals surface area contributed by atoms with Crippen LogP contribution in [0.4, 0.5) is 0 Å². The standard InChI is InChI=1S/C13H21N3O4S/c1-16-8-10(21(14,19)20)7-11(16)12(18)15-13(9-17)5-3-2-4-6-13/h7-8,17H,2-6,9H2,1H3,(H,15,18)(H2,14,19,20). The first-order valence-electron chi connectivity index (χ1n) is 6.90. The lowest BCUT2D eigenvalue weighted by Crippen LogP contribution is -2.52. The van der Waals surface area contributed by atoms with Crippen LogP contribution in [-0.2, 0) is 17.1 Å². The molecule has 1 fully saturated rings. The summed E-state index contributed by atoms with van der Waals surface area (Å²) in [6.07, 6.45) is 5.75. The third kappa shape index (κ3) is 3.45. The fraction of sp³-hybridized carbons (Fsp3) is 0.615. The van der Waals surface area contributed by atoms with Gasteiger partial charge in [-0.1, -0.05) is 19.3 Å². The Labute approximate surface area is 124 Å². The number of aryl methyl sites for hydroxylation is 1. The molecule has 0 spiro atoms. The lowest BCUT2D eigenvalue weighted by molar-refractivity contribution is 0.0751. The summed E-state index contributed by atoms with van der Waals surface area (Å²) < 4.78 is 24.1. The average molecular weight is 315 g/mol. The summed E-state index contributed by atoms with van der Waals surface area (Å²) in [5, 5.41) is 17.5. The number of nitrogens with zero attached hydrogens (tertiary/aromatic N) is 1. The summed E-state index contributed by atoms with van der Waals surface area (Å²) in [6, 6.07) is 1.25. The second-order valence-electron chi connectivity index (χ2n) is 5.67. The monoisotopic (exact) mass is 315 g/mol. The van der Waals surface area contributed by atoms with E-state index in [9.17, 15) is 18.3 Å². The molecule has 0 aliphatic heterocycles. The van der Waals surface area contributed by atoms with E-state index < -0.39 is 21.5 Å². The zero-order valence-electron chi connectivity index (χ0n) is 12.0. The molecule has 1 amide bonds. The number of hydrogen-bond acceptors (Lipinski definition) is 4. The number of nitrogens with two attached hydrogens (primary N) is 1. The summed E-state index contributed by atoms with van der Waals surface area (Å²) >= 11 is 0. The van der Waals surface area contributed by atoms with Gasteiger partial charge >= 0.3 is 0 Å². The number of carbonyl (C=O) groups excluding carboxylic acids is 1. The van der Waals surface area contributed by atoms with Crippen LogP contribution in [0.25, 0.3) is 0 Å². The van der Waals surface area contributed by atoms with Gasteiger partial charge in [-0.3, -0.25) is 4.79 Å². The van der Waals surface area contributed by atoms with Crippen LogP contribution in [0.5, 0.6) is 0 Å². The van der Waals surface area contributed by atoms with Gasteiger partial charge in [-0.2, -0.15) is 0 Å². The molecule has 0 radical (unpaired) electrons. The zero-order chi connectivity index (χ0) is 15.7. The Bertz CT molecular complexity index is 630. The summed E-state index contributed by atoms with van der Waals surface area (Å²) in [5.41, 5.74) is -0.404. The van der Waals surface area contributed by atoms with Crippen LogP contribution in [0, 0.1) is 0 Å². The molecule has 1 saturated carbocycles. The van der Waals surface area contributed by atoms with Gasteiger partial charge in [0, 0.05) is 13.2 Å². The van der Waals surface area contributed by atoms with E-state index in [0.717, 1.165) is 32.1 Å². The largest absolute Gasteiger partial charge is 0.394 e. The molecule has 0 bridgehead atoms. The SMILES string of the molecule is Cn1cc(S(N)(=O)=O)cc1C(=O)NC1(CO)CCCCC1. The van der Waals surface area contributed by atoms with Gasteiger partial charge in [0.25, 0.3) is 5.91 Å². The molecule has 2 rings (SSSR count). The number of aromatic nitrogens is 1. The van der Waals surface area contributed by atoms with Gasteiger partial charge in [0.15, 0.2) is 0 Å². The molecular formula is C13H21N3O4S. The highest BCUT2D eigenvalue weighted by molar-refractivity contribution is 7.89. The van der Waals surface area contributed by atoms with Crippen molar-refractivity contribution in [2.24, 2.45) is 12.2 Å². The second kappa shape index (κ2) is 5.78. The van der Waals surface area contributed by atoms with Crippen LogP contribution in [0.2, 0.25) is 0 Å². The van der Waals surface area contributed by atoms with Crippen molar-refractivity contribution < 1.29 is 18.3 Å². The van der Waals surface area contributed by atoms with Crippen LogP contribution in [0.1, 0.15) is 42.6 Å². The number of hydrogen-bond donors (Lipinski definition) is 3. The molecule has 118 valence electrons. The van der Waals surface area contributed by atoms with Crippen LogP contribution in [-0.4, -0.2) is 36.1 Å². The number of rotatable bonds is 4. The van der Waals surface area contributed by atoms with E-state index in [1.165, 1.54) is 16.8 Å². The molecule has 0 saturated heterocycles. The summed E-state index contributed by atoms with van der Waals surface area (Å²) in [4.78, 5) is 12.3. The number of amides is 1. The van der Waals surface area contributed by atoms with Crippen LogP contribution in [0.15, 0.2) is 17.2 Å². The fourth-order valence-corrected chi connectivity index (χ4v) is 3.35. The van der Waals surface area contributed by atoms with E-state index in [2.05, 4.69) is 5.32 Å². The molecule has 1 heterocycles. The summed E-state index contributed by atoms with van der Waals surface area (Å²) in [5.74, 6) is -0.400. The number of sulfonamides is 1. The van der Waals surface area contributed by atoms with E-state index in [0.29, 0.717) is 0 Å². The molecule has 21 heavy (non-hydrogen) atoms. The maximum Gasteiger partial charge on any atom is 0.268 e. The van der Waals surface area contributed by atoms with Crippen LogP contribution < -0.4 is 10.5 Å². The van der Waals surface area contributed by atoms with Crippen molar-refractivity contribution in [3.63, 3.8) is 0 Å². The molecule has 0 atom stereocenters. The normalized spacial score (nSPS) is 18.4. The molecule has 0 unspecified atom stereocenters. The van der Waals surface area contributed by atoms with Crippen LogP contribution in [0.3, 0.4) is 0 Å². The highest BCUT2D eigenvalue weighted by atomic mass is 32.2.